The first-order valence-corrected chi connectivity index (χ1v) is 9.02. The van der Waals surface area contributed by atoms with E-state index in [0.717, 1.165) is 27.1 Å². The Balaban J connectivity index is 2.04. The van der Waals surface area contributed by atoms with Crippen LogP contribution in [-0.2, 0) is 0 Å². The van der Waals surface area contributed by atoms with Gasteiger partial charge in [-0.2, -0.15) is 0 Å². The summed E-state index contributed by atoms with van der Waals surface area (Å²) in [6.45, 7) is 0. The van der Waals surface area contributed by atoms with E-state index in [1.54, 1.807) is 6.07 Å². The van der Waals surface area contributed by atoms with E-state index < -0.39 is 11.8 Å². The largest absolute Gasteiger partial charge is 0.354 e. The van der Waals surface area contributed by atoms with Gasteiger partial charge in [0.05, 0.1) is 32.7 Å². The lowest BCUT2D eigenvalue weighted by Gasteiger charge is -2.02. The van der Waals surface area contributed by atoms with Crippen molar-refractivity contribution in [3.05, 3.63) is 57.6 Å². The van der Waals surface area contributed by atoms with Crippen LogP contribution >= 0.6 is 23.2 Å². The van der Waals surface area contributed by atoms with Gasteiger partial charge in [-0.3, -0.25) is 14.9 Å². The molecule has 2 aromatic heterocycles. The van der Waals surface area contributed by atoms with E-state index in [1.807, 2.05) is 30.3 Å². The fraction of sp³-hybridized carbons (Fsp3) is 0. The van der Waals surface area contributed by atoms with E-state index in [-0.39, 0.29) is 0 Å². The number of para-hydroxylation sites is 1. The van der Waals surface area contributed by atoms with E-state index in [0.29, 0.717) is 37.7 Å². The van der Waals surface area contributed by atoms with Crippen LogP contribution in [0.3, 0.4) is 0 Å². The molecule has 5 aromatic rings. The molecule has 3 N–H and O–H groups in total. The van der Waals surface area contributed by atoms with E-state index in [1.165, 1.54) is 0 Å². The highest BCUT2D eigenvalue weighted by atomic mass is 35.5. The van der Waals surface area contributed by atoms with Crippen molar-refractivity contribution in [1.29, 1.82) is 0 Å². The van der Waals surface area contributed by atoms with Gasteiger partial charge in [-0.25, -0.2) is 0 Å². The molecule has 0 radical (unpaired) electrons. The summed E-state index contributed by atoms with van der Waals surface area (Å²) in [5.74, 6) is -0.828. The molecule has 1 aliphatic rings. The van der Waals surface area contributed by atoms with E-state index in [4.69, 9.17) is 23.2 Å². The smallest absolute Gasteiger partial charge is 0.261 e. The minimum atomic E-state index is -0.422. The highest BCUT2D eigenvalue weighted by molar-refractivity contribution is 6.43. The molecule has 3 aromatic carbocycles. The predicted octanol–water partition coefficient (Wildman–Crippen LogP) is 5.15. The zero-order valence-electron chi connectivity index (χ0n) is 13.5. The fourth-order valence-electron chi connectivity index (χ4n) is 4.19. The zero-order valence-corrected chi connectivity index (χ0v) is 15.0. The lowest BCUT2D eigenvalue weighted by molar-refractivity contribution is 0.0880. The molecule has 0 spiro atoms. The second-order valence-corrected chi connectivity index (χ2v) is 7.48. The third kappa shape index (κ3) is 1.75. The molecular formula is C20H9Cl2N3O2. The number of halogens is 2. The van der Waals surface area contributed by atoms with Gasteiger partial charge in [0, 0.05) is 32.1 Å². The maximum atomic E-state index is 12.6. The van der Waals surface area contributed by atoms with Crippen molar-refractivity contribution in [2.75, 3.05) is 0 Å². The van der Waals surface area contributed by atoms with Crippen molar-refractivity contribution in [2.45, 2.75) is 0 Å². The summed E-state index contributed by atoms with van der Waals surface area (Å²) in [5.41, 5.74) is 3.48. The van der Waals surface area contributed by atoms with Gasteiger partial charge in [0.25, 0.3) is 11.8 Å². The van der Waals surface area contributed by atoms with Gasteiger partial charge >= 0.3 is 0 Å². The van der Waals surface area contributed by atoms with Crippen molar-refractivity contribution in [2.24, 2.45) is 0 Å². The number of amides is 2. The van der Waals surface area contributed by atoms with Gasteiger partial charge in [-0.1, -0.05) is 41.4 Å². The fourth-order valence-corrected chi connectivity index (χ4v) is 4.73. The SMILES string of the molecule is O=C1NC(=O)c2c1c1[nH]c3ccccc3c1c1c2[nH]c2c(Cl)cc(Cl)cc21. The number of hydrogen-bond donors (Lipinski definition) is 3. The maximum Gasteiger partial charge on any atom is 0.261 e. The molecule has 2 amide bonds. The quantitative estimate of drug-likeness (QED) is 0.318. The average Bonchev–Trinajstić information content (AvgIpc) is 3.26. The molecule has 0 unspecified atom stereocenters. The lowest BCUT2D eigenvalue weighted by atomic mass is 9.98. The molecule has 1 aliphatic heterocycles. The number of carbonyl (C=O) groups excluding carboxylic acids is 2. The Labute approximate surface area is 161 Å². The summed E-state index contributed by atoms with van der Waals surface area (Å²) in [6.07, 6.45) is 0. The molecule has 6 rings (SSSR count). The Bertz CT molecular complexity index is 1510. The molecule has 0 saturated carbocycles. The number of benzene rings is 3. The van der Waals surface area contributed by atoms with Crippen LogP contribution < -0.4 is 5.32 Å². The standard InChI is InChI=1S/C20H9Cl2N3O2/c21-7-5-9-13-12-8-3-1-2-4-11(8)23-17(12)14-15(20(27)25-19(14)26)18(13)24-16(9)10(22)6-7/h1-6,23-24H,(H,25,26,27). The molecule has 0 atom stereocenters. The second-order valence-electron chi connectivity index (χ2n) is 6.64. The van der Waals surface area contributed by atoms with Crippen molar-refractivity contribution in [3.8, 4) is 0 Å². The van der Waals surface area contributed by atoms with Gasteiger partial charge in [0.2, 0.25) is 0 Å². The van der Waals surface area contributed by atoms with Crippen LogP contribution in [0, 0.1) is 0 Å². The molecule has 0 aliphatic carbocycles. The van der Waals surface area contributed by atoms with Crippen LogP contribution in [0.5, 0.6) is 0 Å². The summed E-state index contributed by atoms with van der Waals surface area (Å²) in [6, 6.07) is 11.3. The van der Waals surface area contributed by atoms with Crippen molar-refractivity contribution in [1.82, 2.24) is 15.3 Å². The number of hydrogen-bond acceptors (Lipinski definition) is 2. The van der Waals surface area contributed by atoms with Gasteiger partial charge in [0.1, 0.15) is 0 Å². The Morgan fingerprint density at radius 2 is 1.41 bits per heavy atom. The number of carbonyl (C=O) groups is 2. The number of H-pyrrole nitrogens is 2. The second kappa shape index (κ2) is 4.82. The molecule has 3 heterocycles. The molecule has 27 heavy (non-hydrogen) atoms. The third-order valence-corrected chi connectivity index (χ3v) is 5.73. The lowest BCUT2D eigenvalue weighted by Crippen LogP contribution is -2.20. The predicted molar refractivity (Wildman–Crippen MR) is 107 cm³/mol. The van der Waals surface area contributed by atoms with E-state index in [9.17, 15) is 9.59 Å². The summed E-state index contributed by atoms with van der Waals surface area (Å²) >= 11 is 12.7. The van der Waals surface area contributed by atoms with Gasteiger partial charge in [-0.15, -0.1) is 0 Å². The summed E-state index contributed by atoms with van der Waals surface area (Å²) in [5, 5.41) is 6.83. The Kier molecular flexibility index (Phi) is 2.69. The highest BCUT2D eigenvalue weighted by Crippen LogP contribution is 2.44. The van der Waals surface area contributed by atoms with Crippen LogP contribution in [0.4, 0.5) is 0 Å². The number of nitrogens with one attached hydrogen (secondary N) is 3. The molecule has 5 nitrogen and oxygen atoms in total. The van der Waals surface area contributed by atoms with Crippen molar-refractivity contribution < 1.29 is 9.59 Å². The maximum absolute atomic E-state index is 12.6. The minimum absolute atomic E-state index is 0.331. The normalized spacial score (nSPS) is 14.0. The third-order valence-electron chi connectivity index (χ3n) is 5.21. The Morgan fingerprint density at radius 1 is 0.741 bits per heavy atom. The van der Waals surface area contributed by atoms with Crippen LogP contribution in [0.1, 0.15) is 20.7 Å². The number of rotatable bonds is 0. The number of aromatic amines is 2. The zero-order chi connectivity index (χ0) is 18.4. The van der Waals surface area contributed by atoms with Crippen molar-refractivity contribution in [3.63, 3.8) is 0 Å². The minimum Gasteiger partial charge on any atom is -0.354 e. The van der Waals surface area contributed by atoms with Crippen LogP contribution in [0.25, 0.3) is 43.6 Å². The van der Waals surface area contributed by atoms with Gasteiger partial charge < -0.3 is 9.97 Å². The highest BCUT2D eigenvalue weighted by Gasteiger charge is 2.34. The first-order valence-electron chi connectivity index (χ1n) is 8.27. The topological polar surface area (TPSA) is 77.8 Å². The molecule has 0 bridgehead atoms. The molecular weight excluding hydrogens is 385 g/mol. The molecule has 130 valence electrons. The Hall–Kier alpha value is -3.02. The van der Waals surface area contributed by atoms with Crippen molar-refractivity contribution >= 4 is 78.6 Å². The van der Waals surface area contributed by atoms with Gasteiger partial charge in [0.15, 0.2) is 0 Å². The van der Waals surface area contributed by atoms with Gasteiger partial charge in [-0.05, 0) is 18.2 Å². The average molecular weight is 394 g/mol. The molecule has 7 heteroatoms. The number of fused-ring (bicyclic) bond motifs is 10. The summed E-state index contributed by atoms with van der Waals surface area (Å²) in [7, 11) is 0. The monoisotopic (exact) mass is 393 g/mol. The summed E-state index contributed by atoms with van der Waals surface area (Å²) < 4.78 is 0. The molecule has 0 fully saturated rings. The Morgan fingerprint density at radius 3 is 2.19 bits per heavy atom. The first kappa shape index (κ1) is 15.1. The molecule has 0 saturated heterocycles. The van der Waals surface area contributed by atoms with E-state index >= 15 is 0 Å². The first-order chi connectivity index (χ1) is 13.0. The number of aromatic nitrogens is 2. The van der Waals surface area contributed by atoms with E-state index in [2.05, 4.69) is 15.3 Å². The van der Waals surface area contributed by atoms with Crippen LogP contribution in [0.15, 0.2) is 36.4 Å². The number of imide groups is 1. The van der Waals surface area contributed by atoms with Crippen LogP contribution in [0.2, 0.25) is 10.0 Å². The van der Waals surface area contributed by atoms with Crippen LogP contribution in [-0.4, -0.2) is 21.8 Å². The summed E-state index contributed by atoms with van der Waals surface area (Å²) in [4.78, 5) is 31.7.